The molecule has 0 aliphatic carbocycles. The van der Waals surface area contributed by atoms with E-state index in [1.807, 2.05) is 13.8 Å². The molecular formula is C10H12N2OS. The van der Waals surface area contributed by atoms with Crippen LogP contribution >= 0.6 is 11.8 Å². The number of thioether (sulfide) groups is 1. The first kappa shape index (κ1) is 9.52. The smallest absolute Gasteiger partial charge is 0.147 e. The number of carbonyl (C=O) groups is 1. The number of hydrogen-bond donors (Lipinski definition) is 0. The molecule has 1 aromatic heterocycles. The Kier molecular flexibility index (Phi) is 2.46. The first-order valence-electron chi connectivity index (χ1n) is 4.51. The summed E-state index contributed by atoms with van der Waals surface area (Å²) in [5, 5.41) is 0.113. The molecular weight excluding hydrogens is 196 g/mol. The maximum atomic E-state index is 10.8. The molecule has 0 bridgehead atoms. The van der Waals surface area contributed by atoms with E-state index in [0.717, 1.165) is 6.29 Å². The van der Waals surface area contributed by atoms with Crippen molar-refractivity contribution < 1.29 is 4.79 Å². The second-order valence-electron chi connectivity index (χ2n) is 3.39. The number of hydrogen-bond acceptors (Lipinski definition) is 3. The lowest BCUT2D eigenvalue weighted by Crippen LogP contribution is -2.19. The molecule has 2 atom stereocenters. The SMILES string of the molecule is Cc1ccc(C)n1C1SC=NC1C=O. The molecule has 1 aromatic rings. The third-order valence-electron chi connectivity index (χ3n) is 2.45. The average molecular weight is 208 g/mol. The van der Waals surface area contributed by atoms with Crippen molar-refractivity contribution in [1.29, 1.82) is 0 Å². The van der Waals surface area contributed by atoms with Crippen molar-refractivity contribution in [3.05, 3.63) is 23.5 Å². The van der Waals surface area contributed by atoms with Crippen molar-refractivity contribution in [1.82, 2.24) is 4.57 Å². The van der Waals surface area contributed by atoms with E-state index in [1.54, 1.807) is 17.3 Å². The second-order valence-corrected chi connectivity index (χ2v) is 4.36. The van der Waals surface area contributed by atoms with Crippen LogP contribution in [0.25, 0.3) is 0 Å². The van der Waals surface area contributed by atoms with E-state index in [2.05, 4.69) is 21.7 Å². The van der Waals surface area contributed by atoms with E-state index in [4.69, 9.17) is 0 Å². The van der Waals surface area contributed by atoms with E-state index < -0.39 is 0 Å². The Labute approximate surface area is 87.2 Å². The Morgan fingerprint density at radius 1 is 1.43 bits per heavy atom. The minimum absolute atomic E-state index is 0.113. The van der Waals surface area contributed by atoms with Crippen LogP contribution in [0.4, 0.5) is 0 Å². The van der Waals surface area contributed by atoms with Gasteiger partial charge in [0.05, 0.1) is 5.55 Å². The van der Waals surface area contributed by atoms with Crippen LogP contribution in [0.15, 0.2) is 17.1 Å². The summed E-state index contributed by atoms with van der Waals surface area (Å²) in [7, 11) is 0. The molecule has 4 heteroatoms. The minimum Gasteiger partial charge on any atom is -0.334 e. The molecule has 2 unspecified atom stereocenters. The maximum Gasteiger partial charge on any atom is 0.147 e. The molecule has 0 saturated heterocycles. The Morgan fingerprint density at radius 3 is 2.64 bits per heavy atom. The predicted octanol–water partition coefficient (Wildman–Crippen LogP) is 1.95. The Morgan fingerprint density at radius 2 is 2.07 bits per heavy atom. The molecule has 0 saturated carbocycles. The normalized spacial score (nSPS) is 25.6. The van der Waals surface area contributed by atoms with Gasteiger partial charge in [-0.3, -0.25) is 4.99 Å². The van der Waals surface area contributed by atoms with Crippen LogP contribution in [0.5, 0.6) is 0 Å². The van der Waals surface area contributed by atoms with Crippen molar-refractivity contribution in [2.24, 2.45) is 4.99 Å². The molecule has 3 nitrogen and oxygen atoms in total. The summed E-state index contributed by atoms with van der Waals surface area (Å²) >= 11 is 1.60. The van der Waals surface area contributed by atoms with Gasteiger partial charge in [0, 0.05) is 11.4 Å². The molecule has 2 rings (SSSR count). The highest BCUT2D eigenvalue weighted by atomic mass is 32.2. The average Bonchev–Trinajstić information content (AvgIpc) is 2.73. The van der Waals surface area contributed by atoms with Crippen molar-refractivity contribution in [3.8, 4) is 0 Å². The van der Waals surface area contributed by atoms with Crippen molar-refractivity contribution in [3.63, 3.8) is 0 Å². The van der Waals surface area contributed by atoms with Crippen LogP contribution in [-0.4, -0.2) is 22.4 Å². The molecule has 0 amide bonds. The van der Waals surface area contributed by atoms with Gasteiger partial charge in [-0.25, -0.2) is 0 Å². The van der Waals surface area contributed by atoms with Gasteiger partial charge >= 0.3 is 0 Å². The number of aryl methyl sites for hydroxylation is 2. The fourth-order valence-corrected chi connectivity index (χ4v) is 2.80. The van der Waals surface area contributed by atoms with Gasteiger partial charge in [-0.1, -0.05) is 11.8 Å². The minimum atomic E-state index is -0.232. The third-order valence-corrected chi connectivity index (χ3v) is 3.46. The predicted molar refractivity (Wildman–Crippen MR) is 58.9 cm³/mol. The van der Waals surface area contributed by atoms with Crippen molar-refractivity contribution in [2.45, 2.75) is 25.3 Å². The van der Waals surface area contributed by atoms with E-state index in [1.165, 1.54) is 11.4 Å². The first-order valence-corrected chi connectivity index (χ1v) is 5.45. The van der Waals surface area contributed by atoms with Crippen LogP contribution in [0, 0.1) is 13.8 Å². The lowest BCUT2D eigenvalue weighted by atomic mass is 10.3. The number of rotatable bonds is 2. The largest absolute Gasteiger partial charge is 0.334 e. The van der Waals surface area contributed by atoms with Gasteiger partial charge < -0.3 is 9.36 Å². The van der Waals surface area contributed by atoms with E-state index in [9.17, 15) is 4.79 Å². The Balaban J connectivity index is 2.36. The fourth-order valence-electron chi connectivity index (χ4n) is 1.72. The molecule has 2 heterocycles. The quantitative estimate of drug-likeness (QED) is 0.696. The summed E-state index contributed by atoms with van der Waals surface area (Å²) in [6.45, 7) is 4.10. The summed E-state index contributed by atoms with van der Waals surface area (Å²) in [6, 6.07) is 3.90. The summed E-state index contributed by atoms with van der Waals surface area (Å²) in [6.07, 6.45) is 0.917. The van der Waals surface area contributed by atoms with Crippen LogP contribution in [0.1, 0.15) is 16.8 Å². The lowest BCUT2D eigenvalue weighted by molar-refractivity contribution is -0.109. The number of carbonyl (C=O) groups excluding carboxylic acids is 1. The molecule has 1 aliphatic rings. The summed E-state index contributed by atoms with van der Waals surface area (Å²) in [5.41, 5.74) is 4.12. The van der Waals surface area contributed by atoms with Gasteiger partial charge in [-0.15, -0.1) is 0 Å². The number of aromatic nitrogens is 1. The molecule has 0 spiro atoms. The highest BCUT2D eigenvalue weighted by Gasteiger charge is 2.27. The molecule has 74 valence electrons. The summed E-state index contributed by atoms with van der Waals surface area (Å²) < 4.78 is 2.16. The van der Waals surface area contributed by atoms with Gasteiger partial charge in [0.2, 0.25) is 0 Å². The lowest BCUT2D eigenvalue weighted by Gasteiger charge is -2.18. The molecule has 0 radical (unpaired) electrons. The number of aldehydes is 1. The van der Waals surface area contributed by atoms with Crippen LogP contribution in [0.2, 0.25) is 0 Å². The molecule has 14 heavy (non-hydrogen) atoms. The van der Waals surface area contributed by atoms with Gasteiger partial charge in [0.15, 0.2) is 0 Å². The molecule has 0 fully saturated rings. The van der Waals surface area contributed by atoms with E-state index in [0.29, 0.717) is 0 Å². The Hall–Kier alpha value is -1.03. The third kappa shape index (κ3) is 1.39. The van der Waals surface area contributed by atoms with Crippen molar-refractivity contribution >= 4 is 23.6 Å². The zero-order valence-electron chi connectivity index (χ0n) is 8.18. The zero-order chi connectivity index (χ0) is 10.1. The Bertz CT molecular complexity index is 364. The van der Waals surface area contributed by atoms with E-state index in [-0.39, 0.29) is 11.4 Å². The van der Waals surface area contributed by atoms with Gasteiger partial charge in [0.25, 0.3) is 0 Å². The molecule has 0 aromatic carbocycles. The molecule has 0 N–H and O–H groups in total. The van der Waals surface area contributed by atoms with E-state index >= 15 is 0 Å². The summed E-state index contributed by atoms with van der Waals surface area (Å²) in [4.78, 5) is 14.9. The summed E-state index contributed by atoms with van der Waals surface area (Å²) in [5.74, 6) is 0. The topological polar surface area (TPSA) is 34.4 Å². The number of nitrogens with zero attached hydrogens (tertiary/aromatic N) is 2. The zero-order valence-corrected chi connectivity index (χ0v) is 8.99. The van der Waals surface area contributed by atoms with Gasteiger partial charge in [0.1, 0.15) is 17.7 Å². The fraction of sp³-hybridized carbons (Fsp3) is 0.400. The van der Waals surface area contributed by atoms with Crippen LogP contribution in [0.3, 0.4) is 0 Å². The monoisotopic (exact) mass is 208 g/mol. The van der Waals surface area contributed by atoms with Crippen LogP contribution < -0.4 is 0 Å². The first-order chi connectivity index (χ1) is 6.74. The standard InChI is InChI=1S/C10H12N2OS/c1-7-3-4-8(2)12(7)10-9(5-13)11-6-14-10/h3-6,9-10H,1-2H3. The van der Waals surface area contributed by atoms with Gasteiger partial charge in [-0.05, 0) is 26.0 Å². The highest BCUT2D eigenvalue weighted by molar-refractivity contribution is 8.12. The maximum absolute atomic E-state index is 10.8. The highest BCUT2D eigenvalue weighted by Crippen LogP contribution is 2.33. The van der Waals surface area contributed by atoms with Gasteiger partial charge in [-0.2, -0.15) is 0 Å². The van der Waals surface area contributed by atoms with Crippen molar-refractivity contribution in [2.75, 3.05) is 0 Å². The number of aliphatic imine (C=N–C) groups is 1. The van der Waals surface area contributed by atoms with Crippen LogP contribution in [-0.2, 0) is 4.79 Å². The molecule has 1 aliphatic heterocycles. The second kappa shape index (κ2) is 3.61.